The van der Waals surface area contributed by atoms with Crippen LogP contribution >= 0.6 is 11.6 Å². The Morgan fingerprint density at radius 2 is 2.13 bits per heavy atom. The van der Waals surface area contributed by atoms with Crippen LogP contribution in [-0.4, -0.2) is 53.0 Å². The van der Waals surface area contributed by atoms with E-state index in [0.717, 1.165) is 18.7 Å². The Kier molecular flexibility index (Phi) is 3.98. The number of phenolic OH excluding ortho intramolecular Hbond substituents is 1. The maximum atomic E-state index is 12.6. The number of amides is 1. The van der Waals surface area contributed by atoms with Gasteiger partial charge in [-0.15, -0.1) is 0 Å². The fraction of sp³-hybridized carbons (Fsp3) is 0.611. The van der Waals surface area contributed by atoms with E-state index < -0.39 is 0 Å². The van der Waals surface area contributed by atoms with Gasteiger partial charge in [0, 0.05) is 30.7 Å². The van der Waals surface area contributed by atoms with E-state index >= 15 is 0 Å². The summed E-state index contributed by atoms with van der Waals surface area (Å²) in [6.07, 6.45) is 4.29. The molecule has 0 aliphatic carbocycles. The molecular weight excluding hydrogens is 312 g/mol. The van der Waals surface area contributed by atoms with Crippen LogP contribution in [0.2, 0.25) is 5.02 Å². The third-order valence-corrected chi connectivity index (χ3v) is 6.20. The molecule has 0 bridgehead atoms. The maximum Gasteiger partial charge on any atom is 0.227 e. The highest BCUT2D eigenvalue weighted by Crippen LogP contribution is 2.40. The van der Waals surface area contributed by atoms with Gasteiger partial charge in [0.2, 0.25) is 5.91 Å². The molecule has 124 valence electrons. The number of benzene rings is 1. The van der Waals surface area contributed by atoms with Crippen molar-refractivity contribution < 1.29 is 9.90 Å². The molecule has 0 radical (unpaired) electrons. The number of phenols is 1. The number of piperidine rings is 1. The van der Waals surface area contributed by atoms with Crippen LogP contribution in [0.15, 0.2) is 18.2 Å². The lowest BCUT2D eigenvalue weighted by atomic mass is 9.90. The zero-order valence-electron chi connectivity index (χ0n) is 13.2. The molecule has 1 amide bonds. The minimum absolute atomic E-state index is 0.138. The van der Waals surface area contributed by atoms with Crippen molar-refractivity contribution in [1.82, 2.24) is 9.80 Å². The predicted octanol–water partition coefficient (Wildman–Crippen LogP) is 2.53. The molecule has 1 aromatic carbocycles. The Hall–Kier alpha value is -1.26. The molecule has 0 aromatic heterocycles. The number of rotatable bonds is 2. The third kappa shape index (κ3) is 2.83. The molecule has 0 spiro atoms. The second kappa shape index (κ2) is 5.99. The van der Waals surface area contributed by atoms with Crippen molar-refractivity contribution >= 4 is 17.5 Å². The molecule has 1 N–H and O–H groups in total. The van der Waals surface area contributed by atoms with E-state index in [0.29, 0.717) is 29.3 Å². The van der Waals surface area contributed by atoms with Crippen LogP contribution in [0.25, 0.3) is 0 Å². The fourth-order valence-electron chi connectivity index (χ4n) is 4.71. The summed E-state index contributed by atoms with van der Waals surface area (Å²) in [6.45, 7) is 4.21. The monoisotopic (exact) mass is 334 g/mol. The minimum atomic E-state index is 0.138. The van der Waals surface area contributed by atoms with E-state index in [9.17, 15) is 9.90 Å². The van der Waals surface area contributed by atoms with Crippen LogP contribution < -0.4 is 0 Å². The van der Waals surface area contributed by atoms with Gasteiger partial charge in [-0.2, -0.15) is 0 Å². The van der Waals surface area contributed by atoms with Gasteiger partial charge in [-0.25, -0.2) is 0 Å². The number of hydrogen-bond donors (Lipinski definition) is 1. The third-order valence-electron chi connectivity index (χ3n) is 5.85. The first kappa shape index (κ1) is 15.3. The fourth-order valence-corrected chi connectivity index (χ4v) is 4.95. The second-order valence-electron chi connectivity index (χ2n) is 7.23. The summed E-state index contributed by atoms with van der Waals surface area (Å²) < 4.78 is 0. The van der Waals surface area contributed by atoms with Crippen molar-refractivity contribution in [2.75, 3.05) is 26.2 Å². The molecule has 4 rings (SSSR count). The van der Waals surface area contributed by atoms with Crippen molar-refractivity contribution in [3.63, 3.8) is 0 Å². The summed E-state index contributed by atoms with van der Waals surface area (Å²) in [4.78, 5) is 17.3. The van der Waals surface area contributed by atoms with E-state index in [-0.39, 0.29) is 11.7 Å². The molecule has 3 fully saturated rings. The van der Waals surface area contributed by atoms with Gasteiger partial charge in [-0.1, -0.05) is 24.1 Å². The first-order valence-electron chi connectivity index (χ1n) is 8.61. The normalized spacial score (nSPS) is 30.3. The molecule has 0 saturated carbocycles. The topological polar surface area (TPSA) is 43.8 Å². The highest BCUT2D eigenvalue weighted by atomic mass is 35.5. The standard InChI is InChI=1S/C18H23ClN2O2/c19-16-8-14(22)5-4-12(16)7-18(23)21-10-13-9-20-6-2-1-3-17(20)15(13)11-21/h4-5,8,13,15,17,22H,1-3,6-7,9-11H2. The van der Waals surface area contributed by atoms with Crippen LogP contribution in [0.4, 0.5) is 0 Å². The van der Waals surface area contributed by atoms with Crippen molar-refractivity contribution in [3.05, 3.63) is 28.8 Å². The number of fused-ring (bicyclic) bond motifs is 3. The zero-order valence-corrected chi connectivity index (χ0v) is 14.0. The SMILES string of the molecule is O=C(Cc1ccc(O)cc1Cl)N1CC2CN3CCCCC3C2C1. The van der Waals surface area contributed by atoms with Crippen LogP contribution in [0, 0.1) is 11.8 Å². The van der Waals surface area contributed by atoms with Gasteiger partial charge in [0.15, 0.2) is 0 Å². The second-order valence-corrected chi connectivity index (χ2v) is 7.64. The minimum Gasteiger partial charge on any atom is -0.508 e. The Bertz CT molecular complexity index is 621. The van der Waals surface area contributed by atoms with Crippen molar-refractivity contribution in [1.29, 1.82) is 0 Å². The number of nitrogens with zero attached hydrogens (tertiary/aromatic N) is 2. The van der Waals surface area contributed by atoms with E-state index in [2.05, 4.69) is 4.90 Å². The van der Waals surface area contributed by atoms with Gasteiger partial charge >= 0.3 is 0 Å². The molecule has 3 aliphatic rings. The zero-order chi connectivity index (χ0) is 16.0. The Morgan fingerprint density at radius 3 is 2.96 bits per heavy atom. The number of hydrogen-bond acceptors (Lipinski definition) is 3. The summed E-state index contributed by atoms with van der Waals surface area (Å²) in [5.74, 6) is 1.61. The molecule has 3 aliphatic heterocycles. The Balaban J connectivity index is 1.41. The number of halogens is 1. The molecule has 3 saturated heterocycles. The van der Waals surface area contributed by atoms with E-state index in [4.69, 9.17) is 11.6 Å². The summed E-state index contributed by atoms with van der Waals surface area (Å²) >= 11 is 6.13. The van der Waals surface area contributed by atoms with Gasteiger partial charge in [0.25, 0.3) is 0 Å². The number of aromatic hydroxyl groups is 1. The average Bonchev–Trinajstić information content (AvgIpc) is 3.07. The van der Waals surface area contributed by atoms with Gasteiger partial charge < -0.3 is 10.0 Å². The highest BCUT2D eigenvalue weighted by Gasteiger charge is 2.48. The molecule has 5 heteroatoms. The molecular formula is C18H23ClN2O2. The lowest BCUT2D eigenvalue weighted by Gasteiger charge is -2.33. The van der Waals surface area contributed by atoms with Crippen LogP contribution in [-0.2, 0) is 11.2 Å². The van der Waals surface area contributed by atoms with Gasteiger partial charge in [-0.05, 0) is 48.9 Å². The Morgan fingerprint density at radius 1 is 1.26 bits per heavy atom. The highest BCUT2D eigenvalue weighted by molar-refractivity contribution is 6.31. The molecule has 23 heavy (non-hydrogen) atoms. The number of carbonyl (C=O) groups is 1. The van der Waals surface area contributed by atoms with E-state index in [1.165, 1.54) is 38.4 Å². The summed E-state index contributed by atoms with van der Waals surface area (Å²) in [5, 5.41) is 9.89. The summed E-state index contributed by atoms with van der Waals surface area (Å²) in [7, 11) is 0. The summed E-state index contributed by atoms with van der Waals surface area (Å²) in [5.41, 5.74) is 0.797. The smallest absolute Gasteiger partial charge is 0.227 e. The number of likely N-dealkylation sites (tertiary alicyclic amines) is 1. The van der Waals surface area contributed by atoms with Crippen molar-refractivity contribution in [2.24, 2.45) is 11.8 Å². The molecule has 3 unspecified atom stereocenters. The van der Waals surface area contributed by atoms with Gasteiger partial charge in [0.05, 0.1) is 6.42 Å². The Labute approximate surface area is 142 Å². The first-order valence-corrected chi connectivity index (χ1v) is 8.99. The van der Waals surface area contributed by atoms with Crippen LogP contribution in [0.5, 0.6) is 5.75 Å². The quantitative estimate of drug-likeness (QED) is 0.904. The van der Waals surface area contributed by atoms with Crippen molar-refractivity contribution in [3.8, 4) is 5.75 Å². The first-order chi connectivity index (χ1) is 11.1. The maximum absolute atomic E-state index is 12.6. The van der Waals surface area contributed by atoms with E-state index in [1.807, 2.05) is 4.90 Å². The van der Waals surface area contributed by atoms with Gasteiger partial charge in [0.1, 0.15) is 5.75 Å². The van der Waals surface area contributed by atoms with E-state index in [1.54, 1.807) is 12.1 Å². The molecule has 4 nitrogen and oxygen atoms in total. The molecule has 3 heterocycles. The predicted molar refractivity (Wildman–Crippen MR) is 89.6 cm³/mol. The van der Waals surface area contributed by atoms with Crippen LogP contribution in [0.3, 0.4) is 0 Å². The number of carbonyl (C=O) groups excluding carboxylic acids is 1. The van der Waals surface area contributed by atoms with Crippen LogP contribution in [0.1, 0.15) is 24.8 Å². The van der Waals surface area contributed by atoms with Crippen molar-refractivity contribution in [2.45, 2.75) is 31.7 Å². The largest absolute Gasteiger partial charge is 0.508 e. The van der Waals surface area contributed by atoms with Gasteiger partial charge in [-0.3, -0.25) is 9.69 Å². The lowest BCUT2D eigenvalue weighted by molar-refractivity contribution is -0.129. The molecule has 3 atom stereocenters. The molecule has 1 aromatic rings. The average molecular weight is 335 g/mol. The summed E-state index contributed by atoms with van der Waals surface area (Å²) in [6, 6.07) is 5.54. The lowest BCUT2D eigenvalue weighted by Crippen LogP contribution is -2.41.